The average molecular weight is 308 g/mol. The van der Waals surface area contributed by atoms with E-state index < -0.39 is 0 Å². The van der Waals surface area contributed by atoms with Gasteiger partial charge in [0, 0.05) is 36.9 Å². The molecule has 2 aliphatic rings. The van der Waals surface area contributed by atoms with E-state index in [0.29, 0.717) is 12.0 Å². The standard InChI is InChI=1S/C19H24N4/c1-14-3-2-4-17(13-14)21-16-8-11-23(12-9-16)18-7-10-20-19(22-18)15-5-6-15/h2-4,7,10,13,15-16,21H,5-6,8-9,11-12H2,1H3. The molecule has 4 heteroatoms. The zero-order valence-corrected chi connectivity index (χ0v) is 13.7. The summed E-state index contributed by atoms with van der Waals surface area (Å²) in [7, 11) is 0. The smallest absolute Gasteiger partial charge is 0.133 e. The van der Waals surface area contributed by atoms with Crippen LogP contribution in [-0.2, 0) is 0 Å². The quantitative estimate of drug-likeness (QED) is 0.934. The van der Waals surface area contributed by atoms with Crippen molar-refractivity contribution in [1.82, 2.24) is 9.97 Å². The first-order valence-electron chi connectivity index (χ1n) is 8.69. The second kappa shape index (κ2) is 6.19. The monoisotopic (exact) mass is 308 g/mol. The minimum Gasteiger partial charge on any atom is -0.382 e. The van der Waals surface area contributed by atoms with Crippen molar-refractivity contribution in [3.8, 4) is 0 Å². The highest BCUT2D eigenvalue weighted by Gasteiger charge is 2.27. The zero-order valence-electron chi connectivity index (χ0n) is 13.7. The Morgan fingerprint density at radius 3 is 2.65 bits per heavy atom. The van der Waals surface area contributed by atoms with E-state index in [1.165, 1.54) is 24.1 Å². The molecule has 1 saturated carbocycles. The Bertz CT molecular complexity index is 673. The third-order valence-electron chi connectivity index (χ3n) is 4.81. The Balaban J connectivity index is 1.36. The van der Waals surface area contributed by atoms with E-state index in [1.54, 1.807) is 0 Å². The molecule has 4 nitrogen and oxygen atoms in total. The normalized spacial score (nSPS) is 18.9. The number of rotatable bonds is 4. The highest BCUT2D eigenvalue weighted by atomic mass is 15.2. The van der Waals surface area contributed by atoms with E-state index in [1.807, 2.05) is 6.20 Å². The number of nitrogens with zero attached hydrogens (tertiary/aromatic N) is 3. The molecule has 1 aliphatic carbocycles. The van der Waals surface area contributed by atoms with Crippen molar-refractivity contribution in [1.29, 1.82) is 0 Å². The van der Waals surface area contributed by atoms with Gasteiger partial charge in [-0.1, -0.05) is 12.1 Å². The molecule has 120 valence electrons. The molecule has 2 aromatic rings. The van der Waals surface area contributed by atoms with Crippen LogP contribution in [0.25, 0.3) is 0 Å². The molecule has 1 aliphatic heterocycles. The molecule has 23 heavy (non-hydrogen) atoms. The van der Waals surface area contributed by atoms with Gasteiger partial charge in [0.05, 0.1) is 0 Å². The lowest BCUT2D eigenvalue weighted by atomic mass is 10.0. The molecule has 0 atom stereocenters. The van der Waals surface area contributed by atoms with Crippen molar-refractivity contribution >= 4 is 11.5 Å². The Morgan fingerprint density at radius 1 is 1.09 bits per heavy atom. The molecule has 4 rings (SSSR count). The third-order valence-corrected chi connectivity index (χ3v) is 4.81. The zero-order chi connectivity index (χ0) is 15.6. The van der Waals surface area contributed by atoms with Crippen molar-refractivity contribution in [2.45, 2.75) is 44.6 Å². The minimum atomic E-state index is 0.554. The second-order valence-electron chi connectivity index (χ2n) is 6.82. The van der Waals surface area contributed by atoms with Gasteiger partial charge in [-0.2, -0.15) is 0 Å². The summed E-state index contributed by atoms with van der Waals surface area (Å²) in [6.07, 6.45) is 6.73. The van der Waals surface area contributed by atoms with Crippen LogP contribution in [0.4, 0.5) is 11.5 Å². The van der Waals surface area contributed by atoms with Crippen LogP contribution in [0.1, 0.15) is 43.0 Å². The Kier molecular flexibility index (Phi) is 3.90. The molecule has 0 unspecified atom stereocenters. The number of piperidine rings is 1. The van der Waals surface area contributed by atoms with Crippen LogP contribution in [0, 0.1) is 6.92 Å². The van der Waals surface area contributed by atoms with Crippen LogP contribution < -0.4 is 10.2 Å². The highest BCUT2D eigenvalue weighted by molar-refractivity contribution is 5.47. The summed E-state index contributed by atoms with van der Waals surface area (Å²) in [5.74, 6) is 2.77. The summed E-state index contributed by atoms with van der Waals surface area (Å²) in [6, 6.07) is 11.2. The highest BCUT2D eigenvalue weighted by Crippen LogP contribution is 2.38. The van der Waals surface area contributed by atoms with Crippen molar-refractivity contribution in [3.05, 3.63) is 47.9 Å². The van der Waals surface area contributed by atoms with E-state index in [4.69, 9.17) is 4.98 Å². The maximum atomic E-state index is 4.77. The fourth-order valence-corrected chi connectivity index (χ4v) is 3.30. The number of hydrogen-bond donors (Lipinski definition) is 1. The summed E-state index contributed by atoms with van der Waals surface area (Å²) in [5, 5.41) is 3.67. The molecular formula is C19H24N4. The van der Waals surface area contributed by atoms with E-state index in [0.717, 1.165) is 37.6 Å². The molecule has 1 aromatic carbocycles. The fraction of sp³-hybridized carbons (Fsp3) is 0.474. The molecule has 0 radical (unpaired) electrons. The summed E-state index contributed by atoms with van der Waals surface area (Å²) < 4.78 is 0. The summed E-state index contributed by atoms with van der Waals surface area (Å²) in [4.78, 5) is 11.6. The van der Waals surface area contributed by atoms with Crippen molar-refractivity contribution < 1.29 is 0 Å². The molecular weight excluding hydrogens is 284 g/mol. The Hall–Kier alpha value is -2.10. The second-order valence-corrected chi connectivity index (χ2v) is 6.82. The van der Waals surface area contributed by atoms with E-state index in [-0.39, 0.29) is 0 Å². The summed E-state index contributed by atoms with van der Waals surface area (Å²) in [5.41, 5.74) is 2.54. The molecule has 2 heterocycles. The lowest BCUT2D eigenvalue weighted by Gasteiger charge is -2.33. The maximum absolute atomic E-state index is 4.77. The number of aromatic nitrogens is 2. The lowest BCUT2D eigenvalue weighted by Crippen LogP contribution is -2.39. The van der Waals surface area contributed by atoms with Gasteiger partial charge in [-0.3, -0.25) is 0 Å². The predicted molar refractivity (Wildman–Crippen MR) is 94.0 cm³/mol. The lowest BCUT2D eigenvalue weighted by molar-refractivity contribution is 0.523. The molecule has 0 bridgehead atoms. The number of aryl methyl sites for hydroxylation is 1. The SMILES string of the molecule is Cc1cccc(NC2CCN(c3ccnc(C4CC4)n3)CC2)c1. The average Bonchev–Trinajstić information content (AvgIpc) is 3.41. The van der Waals surface area contributed by atoms with Gasteiger partial charge in [0.25, 0.3) is 0 Å². The van der Waals surface area contributed by atoms with Gasteiger partial charge in [-0.15, -0.1) is 0 Å². The summed E-state index contributed by atoms with van der Waals surface area (Å²) >= 11 is 0. The maximum Gasteiger partial charge on any atom is 0.133 e. The first-order valence-corrected chi connectivity index (χ1v) is 8.69. The van der Waals surface area contributed by atoms with Gasteiger partial charge in [-0.05, 0) is 56.4 Å². The van der Waals surface area contributed by atoms with E-state index in [2.05, 4.69) is 52.5 Å². The van der Waals surface area contributed by atoms with Gasteiger partial charge >= 0.3 is 0 Å². The Morgan fingerprint density at radius 2 is 1.91 bits per heavy atom. The van der Waals surface area contributed by atoms with Crippen LogP contribution in [0.3, 0.4) is 0 Å². The van der Waals surface area contributed by atoms with Gasteiger partial charge in [0.1, 0.15) is 11.6 Å². The van der Waals surface area contributed by atoms with Gasteiger partial charge in [0.2, 0.25) is 0 Å². The van der Waals surface area contributed by atoms with Crippen LogP contribution in [0.5, 0.6) is 0 Å². The van der Waals surface area contributed by atoms with Gasteiger partial charge in [0.15, 0.2) is 0 Å². The van der Waals surface area contributed by atoms with Gasteiger partial charge < -0.3 is 10.2 Å². The van der Waals surface area contributed by atoms with Crippen LogP contribution in [0.15, 0.2) is 36.5 Å². The molecule has 0 amide bonds. The van der Waals surface area contributed by atoms with Crippen molar-refractivity contribution in [2.24, 2.45) is 0 Å². The summed E-state index contributed by atoms with van der Waals surface area (Å²) in [6.45, 7) is 4.26. The van der Waals surface area contributed by atoms with Crippen LogP contribution in [0.2, 0.25) is 0 Å². The molecule has 1 saturated heterocycles. The molecule has 1 aromatic heterocycles. The first kappa shape index (κ1) is 14.5. The molecule has 1 N–H and O–H groups in total. The topological polar surface area (TPSA) is 41.0 Å². The Labute approximate surface area is 138 Å². The predicted octanol–water partition coefficient (Wildman–Crippen LogP) is 3.74. The van der Waals surface area contributed by atoms with Crippen LogP contribution >= 0.6 is 0 Å². The fourth-order valence-electron chi connectivity index (χ4n) is 3.30. The third kappa shape index (κ3) is 3.46. The van der Waals surface area contributed by atoms with E-state index in [9.17, 15) is 0 Å². The van der Waals surface area contributed by atoms with Gasteiger partial charge in [-0.25, -0.2) is 9.97 Å². The largest absolute Gasteiger partial charge is 0.382 e. The van der Waals surface area contributed by atoms with E-state index >= 15 is 0 Å². The first-order chi connectivity index (χ1) is 11.3. The van der Waals surface area contributed by atoms with Crippen molar-refractivity contribution in [3.63, 3.8) is 0 Å². The number of benzene rings is 1. The number of hydrogen-bond acceptors (Lipinski definition) is 4. The number of anilines is 2. The molecule has 2 fully saturated rings. The van der Waals surface area contributed by atoms with Crippen molar-refractivity contribution in [2.75, 3.05) is 23.3 Å². The molecule has 0 spiro atoms. The van der Waals surface area contributed by atoms with Crippen LogP contribution in [-0.4, -0.2) is 29.1 Å². The number of nitrogens with one attached hydrogen (secondary N) is 1. The minimum absolute atomic E-state index is 0.554.